The van der Waals surface area contributed by atoms with Crippen molar-refractivity contribution >= 4 is 71.4 Å². The summed E-state index contributed by atoms with van der Waals surface area (Å²) in [6.45, 7) is 4.77. The summed E-state index contributed by atoms with van der Waals surface area (Å²) < 4.78 is 4.96. The van der Waals surface area contributed by atoms with E-state index in [2.05, 4.69) is 301 Å². The molecule has 0 saturated heterocycles. The highest BCUT2D eigenvalue weighted by Gasteiger charge is 2.38. The van der Waals surface area contributed by atoms with Crippen molar-refractivity contribution in [2.45, 2.75) is 19.3 Å². The van der Waals surface area contributed by atoms with Crippen LogP contribution in [0.15, 0.2) is 273 Å². The van der Waals surface area contributed by atoms with E-state index in [1.165, 1.54) is 87.9 Å². The van der Waals surface area contributed by atoms with Crippen LogP contribution in [0.1, 0.15) is 25.0 Å². The zero-order chi connectivity index (χ0) is 50.5. The number of aromatic nitrogens is 2. The van der Waals surface area contributed by atoms with Crippen molar-refractivity contribution in [3.63, 3.8) is 0 Å². The van der Waals surface area contributed by atoms with Gasteiger partial charge in [0.15, 0.2) is 0 Å². The molecule has 14 aromatic rings. The van der Waals surface area contributed by atoms with Gasteiger partial charge in [-0.1, -0.05) is 184 Å². The molecule has 0 aliphatic heterocycles. The van der Waals surface area contributed by atoms with Crippen LogP contribution in [0.2, 0.25) is 0 Å². The van der Waals surface area contributed by atoms with Crippen LogP contribution >= 0.6 is 0 Å². The minimum atomic E-state index is -0.166. The second-order valence-corrected chi connectivity index (χ2v) is 20.9. The molecule has 0 amide bonds. The standard InChI is InChI=1S/C73H51N3/c1-73(2)66-31-14-11-27-60(66)64-30-18-34-70(72(64)73)76-68-33-16-13-29-62(68)65-46-51(37-40-69(65)76)54-41-53(50-21-17-26-58(45-50)74(56-22-5-3-6-23-56)57-24-7-4-8-25-57)42-55(43-54)52-36-39-63-61-28-12-15-32-67(61)75(71(63)47-52)59-38-35-48-19-9-10-20-49(48)44-59/h3-47H,1-2H3. The van der Waals surface area contributed by atoms with Crippen LogP contribution < -0.4 is 4.90 Å². The van der Waals surface area contributed by atoms with Crippen molar-refractivity contribution in [2.75, 3.05) is 4.90 Å². The van der Waals surface area contributed by atoms with Crippen molar-refractivity contribution in [3.05, 3.63) is 284 Å². The van der Waals surface area contributed by atoms with E-state index in [0.717, 1.165) is 50.6 Å². The highest BCUT2D eigenvalue weighted by Crippen LogP contribution is 2.52. The molecule has 0 fully saturated rings. The van der Waals surface area contributed by atoms with Gasteiger partial charge < -0.3 is 14.0 Å². The predicted molar refractivity (Wildman–Crippen MR) is 321 cm³/mol. The molecule has 15 rings (SSSR count). The number of fused-ring (bicyclic) bond motifs is 10. The Morgan fingerprint density at radius 1 is 0.303 bits per heavy atom. The normalized spacial score (nSPS) is 12.7. The second kappa shape index (κ2) is 17.2. The van der Waals surface area contributed by atoms with Gasteiger partial charge in [0.25, 0.3) is 0 Å². The van der Waals surface area contributed by atoms with Crippen LogP contribution in [0, 0.1) is 0 Å². The molecule has 0 unspecified atom stereocenters. The Balaban J connectivity index is 0.938. The molecule has 1 aliphatic rings. The molecule has 12 aromatic carbocycles. The Hall–Kier alpha value is -9.70. The van der Waals surface area contributed by atoms with E-state index in [1.54, 1.807) is 0 Å². The molecular formula is C73H51N3. The van der Waals surface area contributed by atoms with Crippen LogP contribution in [0.25, 0.3) is 110 Å². The number of hydrogen-bond acceptors (Lipinski definition) is 1. The third-order valence-electron chi connectivity index (χ3n) is 16.2. The molecule has 76 heavy (non-hydrogen) atoms. The van der Waals surface area contributed by atoms with Crippen LogP contribution in [0.4, 0.5) is 17.1 Å². The van der Waals surface area contributed by atoms with Gasteiger partial charge in [0.2, 0.25) is 0 Å². The predicted octanol–water partition coefficient (Wildman–Crippen LogP) is 19.8. The number of rotatable bonds is 8. The molecule has 3 nitrogen and oxygen atoms in total. The fourth-order valence-electron chi connectivity index (χ4n) is 12.7. The van der Waals surface area contributed by atoms with E-state index in [0.29, 0.717) is 0 Å². The lowest BCUT2D eigenvalue weighted by molar-refractivity contribution is 0.656. The quantitative estimate of drug-likeness (QED) is 0.148. The average Bonchev–Trinajstić information content (AvgIpc) is 4.10. The Morgan fingerprint density at radius 2 is 0.842 bits per heavy atom. The summed E-state index contributed by atoms with van der Waals surface area (Å²) in [6, 6.07) is 101. The summed E-state index contributed by atoms with van der Waals surface area (Å²) in [4.78, 5) is 2.35. The summed E-state index contributed by atoms with van der Waals surface area (Å²) in [5, 5.41) is 7.40. The number of hydrogen-bond donors (Lipinski definition) is 0. The maximum atomic E-state index is 2.52. The zero-order valence-electron chi connectivity index (χ0n) is 42.3. The topological polar surface area (TPSA) is 13.1 Å². The summed E-state index contributed by atoms with van der Waals surface area (Å²) >= 11 is 0. The highest BCUT2D eigenvalue weighted by molar-refractivity contribution is 6.12. The van der Waals surface area contributed by atoms with Crippen LogP contribution in [-0.4, -0.2) is 9.13 Å². The summed E-state index contributed by atoms with van der Waals surface area (Å²) in [5.74, 6) is 0. The minimum absolute atomic E-state index is 0.166. The second-order valence-electron chi connectivity index (χ2n) is 20.9. The molecule has 0 spiro atoms. The Kier molecular flexibility index (Phi) is 9.92. The molecule has 2 heterocycles. The summed E-state index contributed by atoms with van der Waals surface area (Å²) in [6.07, 6.45) is 0. The van der Waals surface area contributed by atoms with Crippen molar-refractivity contribution in [2.24, 2.45) is 0 Å². The summed E-state index contributed by atoms with van der Waals surface area (Å²) in [7, 11) is 0. The lowest BCUT2D eigenvalue weighted by atomic mass is 9.81. The van der Waals surface area contributed by atoms with E-state index >= 15 is 0 Å². The molecule has 0 atom stereocenters. The molecule has 1 aliphatic carbocycles. The highest BCUT2D eigenvalue weighted by atomic mass is 15.1. The Bertz CT molecular complexity index is 4570. The lowest BCUT2D eigenvalue weighted by Crippen LogP contribution is -2.17. The number of nitrogens with zero attached hydrogens (tertiary/aromatic N) is 3. The van der Waals surface area contributed by atoms with Crippen LogP contribution in [-0.2, 0) is 5.41 Å². The number of anilines is 3. The Morgan fingerprint density at radius 3 is 1.59 bits per heavy atom. The van der Waals surface area contributed by atoms with Crippen molar-refractivity contribution in [1.29, 1.82) is 0 Å². The minimum Gasteiger partial charge on any atom is -0.310 e. The van der Waals surface area contributed by atoms with Gasteiger partial charge in [0.05, 0.1) is 27.8 Å². The SMILES string of the molecule is CC1(C)c2ccccc2-c2cccc(-n3c4ccccc4c4cc(-c5cc(-c6cccc(N(c7ccccc7)c7ccccc7)c6)cc(-c6ccc7c8ccccc8n(-c8ccc9ccccc9c8)c7c6)c5)ccc43)c21. The van der Waals surface area contributed by atoms with E-state index < -0.39 is 0 Å². The van der Waals surface area contributed by atoms with Crippen molar-refractivity contribution in [1.82, 2.24) is 9.13 Å². The smallest absolute Gasteiger partial charge is 0.0547 e. The average molecular weight is 970 g/mol. The number of para-hydroxylation sites is 4. The van der Waals surface area contributed by atoms with Crippen LogP contribution in [0.5, 0.6) is 0 Å². The zero-order valence-corrected chi connectivity index (χ0v) is 42.3. The van der Waals surface area contributed by atoms with Gasteiger partial charge in [-0.3, -0.25) is 0 Å². The van der Waals surface area contributed by atoms with E-state index in [-0.39, 0.29) is 5.41 Å². The van der Waals surface area contributed by atoms with Gasteiger partial charge >= 0.3 is 0 Å². The Labute approximate surface area is 442 Å². The largest absolute Gasteiger partial charge is 0.310 e. The van der Waals surface area contributed by atoms with Gasteiger partial charge in [-0.2, -0.15) is 0 Å². The van der Waals surface area contributed by atoms with Crippen LogP contribution in [0.3, 0.4) is 0 Å². The maximum absolute atomic E-state index is 2.52. The molecule has 3 heteroatoms. The van der Waals surface area contributed by atoms with Crippen molar-refractivity contribution < 1.29 is 0 Å². The van der Waals surface area contributed by atoms with E-state index in [1.807, 2.05) is 0 Å². The molecule has 2 aromatic heterocycles. The number of benzene rings is 12. The van der Waals surface area contributed by atoms with E-state index in [4.69, 9.17) is 0 Å². The fraction of sp³-hybridized carbons (Fsp3) is 0.0411. The first-order valence-electron chi connectivity index (χ1n) is 26.4. The molecule has 358 valence electrons. The third-order valence-corrected chi connectivity index (χ3v) is 16.2. The fourth-order valence-corrected chi connectivity index (χ4v) is 12.7. The molecule has 0 radical (unpaired) electrons. The lowest BCUT2D eigenvalue weighted by Gasteiger charge is -2.26. The van der Waals surface area contributed by atoms with E-state index in [9.17, 15) is 0 Å². The van der Waals surface area contributed by atoms with Gasteiger partial charge in [0, 0.05) is 49.7 Å². The van der Waals surface area contributed by atoms with Gasteiger partial charge in [0.1, 0.15) is 0 Å². The first kappa shape index (κ1) is 43.8. The van der Waals surface area contributed by atoms with Gasteiger partial charge in [-0.15, -0.1) is 0 Å². The third kappa shape index (κ3) is 6.90. The molecular weight excluding hydrogens is 919 g/mol. The van der Waals surface area contributed by atoms with Gasteiger partial charge in [-0.25, -0.2) is 0 Å². The molecule has 0 bridgehead atoms. The monoisotopic (exact) mass is 969 g/mol. The van der Waals surface area contributed by atoms with Gasteiger partial charge in [-0.05, 0) is 170 Å². The summed E-state index contributed by atoms with van der Waals surface area (Å²) in [5.41, 5.74) is 22.6. The molecule has 0 saturated carbocycles. The first-order chi connectivity index (χ1) is 37.4. The maximum Gasteiger partial charge on any atom is 0.0547 e. The molecule has 0 N–H and O–H groups in total. The van der Waals surface area contributed by atoms with Crippen molar-refractivity contribution in [3.8, 4) is 55.9 Å². The first-order valence-corrected chi connectivity index (χ1v) is 26.4.